The standard InChI is InChI=1S/C17H17F3N2O2/c1-2-12-5-3-4-6-15(12)24-11-21-16(23)22-14-9-7-13(8-10-14)17(18,19)20/h3-10H,2,11H2,1H3,(H2,21,22,23). The lowest BCUT2D eigenvalue weighted by atomic mass is 10.1. The number of para-hydroxylation sites is 1. The van der Waals surface area contributed by atoms with Gasteiger partial charge in [-0.25, -0.2) is 4.79 Å². The molecule has 2 rings (SSSR count). The number of carbonyl (C=O) groups is 1. The van der Waals surface area contributed by atoms with Gasteiger partial charge in [-0.05, 0) is 42.3 Å². The van der Waals surface area contributed by atoms with E-state index in [0.717, 1.165) is 24.1 Å². The molecule has 0 atom stereocenters. The predicted octanol–water partition coefficient (Wildman–Crippen LogP) is 4.43. The number of urea groups is 1. The lowest BCUT2D eigenvalue weighted by Gasteiger charge is -2.12. The minimum atomic E-state index is -4.40. The van der Waals surface area contributed by atoms with Gasteiger partial charge in [-0.3, -0.25) is 0 Å². The Balaban J connectivity index is 1.83. The Hall–Kier alpha value is -2.70. The zero-order valence-corrected chi connectivity index (χ0v) is 13.0. The topological polar surface area (TPSA) is 50.4 Å². The smallest absolute Gasteiger partial charge is 0.416 e. The fraction of sp³-hybridized carbons (Fsp3) is 0.235. The van der Waals surface area contributed by atoms with E-state index in [4.69, 9.17) is 4.74 Å². The van der Waals surface area contributed by atoms with E-state index in [9.17, 15) is 18.0 Å². The molecular formula is C17H17F3N2O2. The Kier molecular flexibility index (Phi) is 5.68. The van der Waals surface area contributed by atoms with Crippen molar-refractivity contribution in [1.29, 1.82) is 0 Å². The number of aryl methyl sites for hydroxylation is 1. The van der Waals surface area contributed by atoms with Crippen LogP contribution in [-0.2, 0) is 12.6 Å². The quantitative estimate of drug-likeness (QED) is 0.793. The summed E-state index contributed by atoms with van der Waals surface area (Å²) in [6.45, 7) is 1.94. The molecule has 0 saturated heterocycles. The maximum absolute atomic E-state index is 12.5. The van der Waals surface area contributed by atoms with Gasteiger partial charge in [0.15, 0.2) is 6.73 Å². The van der Waals surface area contributed by atoms with Crippen molar-refractivity contribution in [3.8, 4) is 5.75 Å². The third-order valence-electron chi connectivity index (χ3n) is 3.28. The van der Waals surface area contributed by atoms with Crippen LogP contribution in [0.3, 0.4) is 0 Å². The maximum atomic E-state index is 12.5. The fourth-order valence-corrected chi connectivity index (χ4v) is 2.03. The summed E-state index contributed by atoms with van der Waals surface area (Å²) in [7, 11) is 0. The van der Waals surface area contributed by atoms with Crippen LogP contribution in [0.15, 0.2) is 48.5 Å². The van der Waals surface area contributed by atoms with Gasteiger partial charge in [0, 0.05) is 5.69 Å². The number of nitrogens with one attached hydrogen (secondary N) is 2. The highest BCUT2D eigenvalue weighted by Gasteiger charge is 2.29. The molecule has 0 aliphatic rings. The van der Waals surface area contributed by atoms with Gasteiger partial charge in [0.25, 0.3) is 0 Å². The number of anilines is 1. The third-order valence-corrected chi connectivity index (χ3v) is 3.28. The van der Waals surface area contributed by atoms with Gasteiger partial charge in [-0.2, -0.15) is 13.2 Å². The van der Waals surface area contributed by atoms with E-state index in [-0.39, 0.29) is 12.4 Å². The summed E-state index contributed by atoms with van der Waals surface area (Å²) in [6, 6.07) is 11.1. The highest BCUT2D eigenvalue weighted by Crippen LogP contribution is 2.29. The van der Waals surface area contributed by atoms with Gasteiger partial charge in [0.1, 0.15) is 5.75 Å². The summed E-state index contributed by atoms with van der Waals surface area (Å²) < 4.78 is 42.8. The first-order chi connectivity index (χ1) is 11.4. The number of alkyl halides is 3. The van der Waals surface area contributed by atoms with Crippen molar-refractivity contribution < 1.29 is 22.7 Å². The van der Waals surface area contributed by atoms with Gasteiger partial charge < -0.3 is 15.4 Å². The summed E-state index contributed by atoms with van der Waals surface area (Å²) in [5, 5.41) is 4.92. The van der Waals surface area contributed by atoms with Gasteiger partial charge in [-0.15, -0.1) is 0 Å². The number of amides is 2. The highest BCUT2D eigenvalue weighted by molar-refractivity contribution is 5.89. The number of benzene rings is 2. The molecule has 0 aliphatic heterocycles. The average Bonchev–Trinajstić information content (AvgIpc) is 2.55. The highest BCUT2D eigenvalue weighted by atomic mass is 19.4. The largest absolute Gasteiger partial charge is 0.473 e. The number of ether oxygens (including phenoxy) is 1. The lowest BCUT2D eigenvalue weighted by Crippen LogP contribution is -2.32. The van der Waals surface area contributed by atoms with Crippen LogP contribution in [0.1, 0.15) is 18.1 Å². The molecular weight excluding hydrogens is 321 g/mol. The molecule has 0 heterocycles. The second-order valence-electron chi connectivity index (χ2n) is 4.96. The average molecular weight is 338 g/mol. The van der Waals surface area contributed by atoms with Crippen molar-refractivity contribution in [3.63, 3.8) is 0 Å². The molecule has 4 nitrogen and oxygen atoms in total. The summed E-state index contributed by atoms with van der Waals surface area (Å²) in [6.07, 6.45) is -3.60. The summed E-state index contributed by atoms with van der Waals surface area (Å²) in [5.41, 5.74) is 0.505. The molecule has 2 N–H and O–H groups in total. The fourth-order valence-electron chi connectivity index (χ4n) is 2.03. The monoisotopic (exact) mass is 338 g/mol. The summed E-state index contributed by atoms with van der Waals surface area (Å²) in [5.74, 6) is 0.676. The number of carbonyl (C=O) groups excluding carboxylic acids is 1. The van der Waals surface area contributed by atoms with Crippen LogP contribution in [0.5, 0.6) is 5.75 Å². The molecule has 2 aromatic carbocycles. The van der Waals surface area contributed by atoms with Crippen molar-refractivity contribution in [2.75, 3.05) is 12.0 Å². The SMILES string of the molecule is CCc1ccccc1OCNC(=O)Nc1ccc(C(F)(F)F)cc1. The zero-order chi connectivity index (χ0) is 17.6. The molecule has 0 bridgehead atoms. The molecule has 0 aromatic heterocycles. The maximum Gasteiger partial charge on any atom is 0.416 e. The zero-order valence-electron chi connectivity index (χ0n) is 13.0. The molecule has 24 heavy (non-hydrogen) atoms. The van der Waals surface area contributed by atoms with Gasteiger partial charge in [-0.1, -0.05) is 25.1 Å². The van der Waals surface area contributed by atoms with Crippen molar-refractivity contribution >= 4 is 11.7 Å². The van der Waals surface area contributed by atoms with Crippen LogP contribution < -0.4 is 15.4 Å². The van der Waals surface area contributed by atoms with Crippen LogP contribution in [0.4, 0.5) is 23.7 Å². The number of hydrogen-bond donors (Lipinski definition) is 2. The summed E-state index contributed by atoms with van der Waals surface area (Å²) in [4.78, 5) is 11.7. The Morgan fingerprint density at radius 2 is 1.75 bits per heavy atom. The second-order valence-corrected chi connectivity index (χ2v) is 4.96. The van der Waals surface area contributed by atoms with Gasteiger partial charge in [0.05, 0.1) is 5.56 Å². The van der Waals surface area contributed by atoms with E-state index in [1.807, 2.05) is 25.1 Å². The Morgan fingerprint density at radius 1 is 1.08 bits per heavy atom. The Labute approximate surface area is 137 Å². The van der Waals surface area contributed by atoms with Crippen molar-refractivity contribution in [3.05, 3.63) is 59.7 Å². The van der Waals surface area contributed by atoms with E-state index in [2.05, 4.69) is 10.6 Å². The number of hydrogen-bond acceptors (Lipinski definition) is 2. The molecule has 2 amide bonds. The van der Waals surface area contributed by atoms with Gasteiger partial charge >= 0.3 is 12.2 Å². The summed E-state index contributed by atoms with van der Waals surface area (Å²) >= 11 is 0. The van der Waals surface area contributed by atoms with Crippen molar-refractivity contribution in [2.24, 2.45) is 0 Å². The molecule has 0 saturated carbocycles. The van der Waals surface area contributed by atoms with Crippen LogP contribution in [0.25, 0.3) is 0 Å². The van der Waals surface area contributed by atoms with E-state index in [0.29, 0.717) is 5.75 Å². The molecule has 0 aliphatic carbocycles. The van der Waals surface area contributed by atoms with Crippen LogP contribution in [-0.4, -0.2) is 12.8 Å². The normalized spacial score (nSPS) is 11.0. The Bertz CT molecular complexity index is 685. The van der Waals surface area contributed by atoms with Crippen LogP contribution >= 0.6 is 0 Å². The van der Waals surface area contributed by atoms with Crippen molar-refractivity contribution in [2.45, 2.75) is 19.5 Å². The molecule has 2 aromatic rings. The lowest BCUT2D eigenvalue weighted by molar-refractivity contribution is -0.137. The van der Waals surface area contributed by atoms with E-state index >= 15 is 0 Å². The Morgan fingerprint density at radius 3 is 2.38 bits per heavy atom. The minimum Gasteiger partial charge on any atom is -0.473 e. The van der Waals surface area contributed by atoms with Crippen LogP contribution in [0, 0.1) is 0 Å². The van der Waals surface area contributed by atoms with E-state index in [1.54, 1.807) is 6.07 Å². The third kappa shape index (κ3) is 4.91. The van der Waals surface area contributed by atoms with Crippen molar-refractivity contribution in [1.82, 2.24) is 5.32 Å². The van der Waals surface area contributed by atoms with E-state index in [1.165, 1.54) is 12.1 Å². The molecule has 128 valence electrons. The molecule has 0 radical (unpaired) electrons. The van der Waals surface area contributed by atoms with Gasteiger partial charge in [0.2, 0.25) is 0 Å². The molecule has 7 heteroatoms. The predicted molar refractivity (Wildman–Crippen MR) is 84.9 cm³/mol. The first-order valence-corrected chi connectivity index (χ1v) is 7.33. The molecule has 0 spiro atoms. The number of rotatable bonds is 5. The minimum absolute atomic E-state index is 0.0521. The first-order valence-electron chi connectivity index (χ1n) is 7.33. The first kappa shape index (κ1) is 17.7. The molecule has 0 fully saturated rings. The van der Waals surface area contributed by atoms with E-state index < -0.39 is 17.8 Å². The number of halogens is 3. The second kappa shape index (κ2) is 7.72. The van der Waals surface area contributed by atoms with Crippen LogP contribution in [0.2, 0.25) is 0 Å². The molecule has 0 unspecified atom stereocenters.